The molecule has 0 heterocycles. The van der Waals surface area contributed by atoms with Gasteiger partial charge in [0.15, 0.2) is 0 Å². The first-order valence-electron chi connectivity index (χ1n) is 8.34. The molecule has 0 aromatic heterocycles. The Bertz CT molecular complexity index is 823. The average molecular weight is 369 g/mol. The van der Waals surface area contributed by atoms with Gasteiger partial charge in [-0.3, -0.25) is 9.59 Å². The van der Waals surface area contributed by atoms with Crippen molar-refractivity contribution in [1.29, 1.82) is 0 Å². The zero-order valence-corrected chi connectivity index (χ0v) is 15.8. The molecular formula is C20H23N3O4. The summed E-state index contributed by atoms with van der Waals surface area (Å²) in [6.07, 6.45) is 0.0651. The molecule has 2 aromatic carbocycles. The van der Waals surface area contributed by atoms with Crippen LogP contribution in [0.2, 0.25) is 0 Å². The zero-order chi connectivity index (χ0) is 19.8. The first-order chi connectivity index (χ1) is 12.9. The minimum atomic E-state index is -0.425. The highest BCUT2D eigenvalue weighted by Gasteiger charge is 2.10. The SMILES string of the molecule is COc1cc(OC)cc(C(=O)N/N=C(/C)CC(=O)Nc2ccc(C)cc2)c1. The maximum absolute atomic E-state index is 12.3. The number of hydrogen-bond acceptors (Lipinski definition) is 5. The third-order valence-electron chi connectivity index (χ3n) is 3.71. The van der Waals surface area contributed by atoms with Gasteiger partial charge in [-0.2, -0.15) is 5.10 Å². The lowest BCUT2D eigenvalue weighted by molar-refractivity contribution is -0.115. The number of ether oxygens (including phenoxy) is 2. The first-order valence-corrected chi connectivity index (χ1v) is 8.34. The van der Waals surface area contributed by atoms with E-state index in [0.29, 0.717) is 28.5 Å². The molecule has 0 saturated heterocycles. The Hall–Kier alpha value is -3.35. The Morgan fingerprint density at radius 2 is 1.59 bits per heavy atom. The number of carbonyl (C=O) groups is 2. The fourth-order valence-corrected chi connectivity index (χ4v) is 2.26. The Labute approximate surface area is 158 Å². The Morgan fingerprint density at radius 1 is 1.00 bits per heavy atom. The van der Waals surface area contributed by atoms with E-state index in [1.165, 1.54) is 14.2 Å². The molecular weight excluding hydrogens is 346 g/mol. The molecule has 0 fully saturated rings. The van der Waals surface area contributed by atoms with Gasteiger partial charge in [0.2, 0.25) is 5.91 Å². The molecule has 27 heavy (non-hydrogen) atoms. The summed E-state index contributed by atoms with van der Waals surface area (Å²) in [5.41, 5.74) is 5.08. The van der Waals surface area contributed by atoms with E-state index in [4.69, 9.17) is 9.47 Å². The fourth-order valence-electron chi connectivity index (χ4n) is 2.26. The highest BCUT2D eigenvalue weighted by molar-refractivity contribution is 6.06. The van der Waals surface area contributed by atoms with Crippen LogP contribution in [0.4, 0.5) is 5.69 Å². The highest BCUT2D eigenvalue weighted by Crippen LogP contribution is 2.22. The molecule has 0 aliphatic carbocycles. The third kappa shape index (κ3) is 6.14. The number of hydrogen-bond donors (Lipinski definition) is 2. The topological polar surface area (TPSA) is 89.0 Å². The summed E-state index contributed by atoms with van der Waals surface area (Å²) in [6, 6.07) is 12.3. The molecule has 142 valence electrons. The second-order valence-electron chi connectivity index (χ2n) is 5.98. The molecule has 7 nitrogen and oxygen atoms in total. The van der Waals surface area contributed by atoms with E-state index in [1.807, 2.05) is 31.2 Å². The van der Waals surface area contributed by atoms with Crippen molar-refractivity contribution in [2.75, 3.05) is 19.5 Å². The Morgan fingerprint density at radius 3 is 2.15 bits per heavy atom. The number of amides is 2. The smallest absolute Gasteiger partial charge is 0.271 e. The number of hydrazone groups is 1. The molecule has 7 heteroatoms. The van der Waals surface area contributed by atoms with Crippen LogP contribution in [-0.2, 0) is 4.79 Å². The van der Waals surface area contributed by atoms with Crippen molar-refractivity contribution in [2.24, 2.45) is 5.10 Å². The molecule has 2 aromatic rings. The fraction of sp³-hybridized carbons (Fsp3) is 0.250. The summed E-state index contributed by atoms with van der Waals surface area (Å²) < 4.78 is 10.3. The summed E-state index contributed by atoms with van der Waals surface area (Å²) >= 11 is 0. The van der Waals surface area contributed by atoms with Gasteiger partial charge in [-0.05, 0) is 38.1 Å². The number of methoxy groups -OCH3 is 2. The van der Waals surface area contributed by atoms with E-state index in [-0.39, 0.29) is 12.3 Å². The van der Waals surface area contributed by atoms with Gasteiger partial charge >= 0.3 is 0 Å². The van der Waals surface area contributed by atoms with Crippen molar-refractivity contribution in [3.63, 3.8) is 0 Å². The number of benzene rings is 2. The lowest BCUT2D eigenvalue weighted by atomic mass is 10.2. The van der Waals surface area contributed by atoms with Crippen LogP contribution in [0.3, 0.4) is 0 Å². The van der Waals surface area contributed by atoms with Crippen LogP contribution in [0, 0.1) is 6.92 Å². The van der Waals surface area contributed by atoms with Gasteiger partial charge in [0.1, 0.15) is 11.5 Å². The van der Waals surface area contributed by atoms with Crippen molar-refractivity contribution in [2.45, 2.75) is 20.3 Å². The largest absolute Gasteiger partial charge is 0.497 e. The molecule has 0 unspecified atom stereocenters. The van der Waals surface area contributed by atoms with Gasteiger partial charge in [0.05, 0.1) is 20.6 Å². The number of nitrogens with one attached hydrogen (secondary N) is 2. The molecule has 2 N–H and O–H groups in total. The van der Waals surface area contributed by atoms with Crippen molar-refractivity contribution in [3.05, 3.63) is 53.6 Å². The summed E-state index contributed by atoms with van der Waals surface area (Å²) in [6.45, 7) is 3.64. The molecule has 0 aliphatic rings. The second-order valence-corrected chi connectivity index (χ2v) is 5.98. The summed E-state index contributed by atoms with van der Waals surface area (Å²) in [7, 11) is 3.01. The third-order valence-corrected chi connectivity index (χ3v) is 3.71. The maximum Gasteiger partial charge on any atom is 0.271 e. The Balaban J connectivity index is 1.95. The summed E-state index contributed by atoms with van der Waals surface area (Å²) in [4.78, 5) is 24.3. The van der Waals surface area contributed by atoms with Crippen LogP contribution in [0.5, 0.6) is 11.5 Å². The average Bonchev–Trinajstić information content (AvgIpc) is 2.67. The lowest BCUT2D eigenvalue weighted by Crippen LogP contribution is -2.21. The predicted molar refractivity (Wildman–Crippen MR) is 105 cm³/mol. The van der Waals surface area contributed by atoms with Gasteiger partial charge in [0, 0.05) is 23.0 Å². The van der Waals surface area contributed by atoms with Crippen LogP contribution in [-0.4, -0.2) is 31.7 Å². The van der Waals surface area contributed by atoms with Gasteiger partial charge in [-0.25, -0.2) is 5.43 Å². The quantitative estimate of drug-likeness (QED) is 0.580. The van der Waals surface area contributed by atoms with Gasteiger partial charge in [-0.1, -0.05) is 17.7 Å². The standard InChI is InChI=1S/C20H23N3O4/c1-13-5-7-16(8-6-13)21-19(24)9-14(2)22-23-20(25)15-10-17(26-3)12-18(11-15)27-4/h5-8,10-12H,9H2,1-4H3,(H,21,24)(H,23,25)/b22-14-. The number of nitrogens with zero attached hydrogens (tertiary/aromatic N) is 1. The molecule has 0 radical (unpaired) electrons. The number of carbonyl (C=O) groups excluding carboxylic acids is 2. The Kier molecular flexibility index (Phi) is 6.93. The zero-order valence-electron chi connectivity index (χ0n) is 15.8. The minimum absolute atomic E-state index is 0.0651. The molecule has 0 saturated carbocycles. The van der Waals surface area contributed by atoms with E-state index < -0.39 is 5.91 Å². The molecule has 0 bridgehead atoms. The number of anilines is 1. The van der Waals surface area contributed by atoms with E-state index in [2.05, 4.69) is 15.8 Å². The van der Waals surface area contributed by atoms with Gasteiger partial charge in [-0.15, -0.1) is 0 Å². The molecule has 2 rings (SSSR count). The van der Waals surface area contributed by atoms with E-state index in [1.54, 1.807) is 25.1 Å². The van der Waals surface area contributed by atoms with Crippen molar-refractivity contribution in [3.8, 4) is 11.5 Å². The molecule has 2 amide bonds. The van der Waals surface area contributed by atoms with E-state index >= 15 is 0 Å². The molecule has 0 spiro atoms. The minimum Gasteiger partial charge on any atom is -0.497 e. The van der Waals surface area contributed by atoms with Gasteiger partial charge in [0.25, 0.3) is 5.91 Å². The van der Waals surface area contributed by atoms with Crippen molar-refractivity contribution >= 4 is 23.2 Å². The predicted octanol–water partition coefficient (Wildman–Crippen LogP) is 3.15. The molecule has 0 aliphatic heterocycles. The first kappa shape index (κ1) is 20.0. The summed E-state index contributed by atoms with van der Waals surface area (Å²) in [5.74, 6) is 0.359. The molecule has 0 atom stereocenters. The van der Waals surface area contributed by atoms with E-state index in [9.17, 15) is 9.59 Å². The van der Waals surface area contributed by atoms with Crippen LogP contribution in [0.15, 0.2) is 47.6 Å². The van der Waals surface area contributed by atoms with Crippen LogP contribution >= 0.6 is 0 Å². The van der Waals surface area contributed by atoms with E-state index in [0.717, 1.165) is 5.56 Å². The van der Waals surface area contributed by atoms with Crippen LogP contribution < -0.4 is 20.2 Å². The summed E-state index contributed by atoms with van der Waals surface area (Å²) in [5, 5.41) is 6.77. The number of rotatable bonds is 7. The van der Waals surface area contributed by atoms with Crippen molar-refractivity contribution < 1.29 is 19.1 Å². The second kappa shape index (κ2) is 9.38. The van der Waals surface area contributed by atoms with Gasteiger partial charge < -0.3 is 14.8 Å². The monoisotopic (exact) mass is 369 g/mol. The normalized spacial score (nSPS) is 10.9. The van der Waals surface area contributed by atoms with Crippen LogP contribution in [0.25, 0.3) is 0 Å². The highest BCUT2D eigenvalue weighted by atomic mass is 16.5. The lowest BCUT2D eigenvalue weighted by Gasteiger charge is -2.08. The van der Waals surface area contributed by atoms with Crippen molar-refractivity contribution in [1.82, 2.24) is 5.43 Å². The maximum atomic E-state index is 12.3. The van der Waals surface area contributed by atoms with Crippen LogP contribution in [0.1, 0.15) is 29.3 Å². The number of aryl methyl sites for hydroxylation is 1.